The number of cyclic esters (lactones) is 1. The number of nitrogens with one attached hydrogen (secondary N) is 1. The Morgan fingerprint density at radius 1 is 1.21 bits per heavy atom. The number of anilines is 1. The van der Waals surface area contributed by atoms with Crippen LogP contribution < -0.4 is 10.1 Å². The standard InChI is InChI=1S/C26H38N2O6/c1-18(8-10-22(29)33-14-6-5-11-28-12-15-32-16-13-28)7-9-20-24(27-3)23-21(17-34-26(23)30)19(2)25(20)31-4/h7,27H,5-6,8-17H2,1-4H3/b18-7+. The molecule has 0 atom stereocenters. The summed E-state index contributed by atoms with van der Waals surface area (Å²) in [6.45, 7) is 9.33. The average Bonchev–Trinajstić information content (AvgIpc) is 3.23. The quantitative estimate of drug-likeness (QED) is 0.279. The maximum absolute atomic E-state index is 12.3. The predicted molar refractivity (Wildman–Crippen MR) is 131 cm³/mol. The van der Waals surface area contributed by atoms with Crippen LogP contribution in [0.2, 0.25) is 0 Å². The topological polar surface area (TPSA) is 86.3 Å². The highest BCUT2D eigenvalue weighted by molar-refractivity contribution is 6.01. The summed E-state index contributed by atoms with van der Waals surface area (Å²) >= 11 is 0. The van der Waals surface area contributed by atoms with E-state index in [0.29, 0.717) is 31.4 Å². The Kier molecular flexibility index (Phi) is 9.77. The lowest BCUT2D eigenvalue weighted by atomic mass is 9.93. The lowest BCUT2D eigenvalue weighted by molar-refractivity contribution is -0.143. The predicted octanol–water partition coefficient (Wildman–Crippen LogP) is 3.64. The van der Waals surface area contributed by atoms with Gasteiger partial charge in [0.2, 0.25) is 0 Å². The van der Waals surface area contributed by atoms with Gasteiger partial charge in [-0.2, -0.15) is 0 Å². The van der Waals surface area contributed by atoms with Gasteiger partial charge in [-0.3, -0.25) is 9.69 Å². The minimum atomic E-state index is -0.306. The van der Waals surface area contributed by atoms with Gasteiger partial charge in [0.1, 0.15) is 12.4 Å². The maximum atomic E-state index is 12.3. The third-order valence-corrected chi connectivity index (χ3v) is 6.54. The Morgan fingerprint density at radius 3 is 2.68 bits per heavy atom. The number of nitrogens with zero attached hydrogens (tertiary/aromatic N) is 1. The van der Waals surface area contributed by atoms with Crippen molar-refractivity contribution in [2.24, 2.45) is 0 Å². The number of esters is 2. The van der Waals surface area contributed by atoms with E-state index in [1.807, 2.05) is 13.8 Å². The molecule has 0 aliphatic carbocycles. The number of hydrogen-bond acceptors (Lipinski definition) is 8. The fraction of sp³-hybridized carbons (Fsp3) is 0.615. The molecule has 2 aliphatic rings. The summed E-state index contributed by atoms with van der Waals surface area (Å²) in [7, 11) is 3.44. The Balaban J connectivity index is 1.48. The van der Waals surface area contributed by atoms with E-state index in [1.54, 1.807) is 14.2 Å². The van der Waals surface area contributed by atoms with Gasteiger partial charge in [0, 0.05) is 37.7 Å². The zero-order valence-electron chi connectivity index (χ0n) is 21.0. The lowest BCUT2D eigenvalue weighted by Crippen LogP contribution is -2.36. The molecule has 1 fully saturated rings. The third-order valence-electron chi connectivity index (χ3n) is 6.54. The normalized spacial score (nSPS) is 16.2. The molecule has 0 radical (unpaired) electrons. The second-order valence-corrected chi connectivity index (χ2v) is 8.83. The van der Waals surface area contributed by atoms with E-state index in [0.717, 1.165) is 79.4 Å². The van der Waals surface area contributed by atoms with Crippen molar-refractivity contribution in [3.63, 3.8) is 0 Å². The molecular weight excluding hydrogens is 436 g/mol. The van der Waals surface area contributed by atoms with Crippen LogP contribution >= 0.6 is 0 Å². The Hall–Kier alpha value is -2.58. The van der Waals surface area contributed by atoms with Crippen molar-refractivity contribution in [1.29, 1.82) is 0 Å². The number of unbranched alkanes of at least 4 members (excludes halogenated alkanes) is 1. The van der Waals surface area contributed by atoms with Crippen molar-refractivity contribution in [3.05, 3.63) is 33.9 Å². The number of morpholine rings is 1. The van der Waals surface area contributed by atoms with Crippen LogP contribution in [0, 0.1) is 6.92 Å². The van der Waals surface area contributed by atoms with Crippen molar-refractivity contribution >= 4 is 17.6 Å². The van der Waals surface area contributed by atoms with Gasteiger partial charge < -0.3 is 24.3 Å². The van der Waals surface area contributed by atoms with Gasteiger partial charge >= 0.3 is 11.9 Å². The highest BCUT2D eigenvalue weighted by Gasteiger charge is 2.31. The van der Waals surface area contributed by atoms with Crippen molar-refractivity contribution in [2.75, 3.05) is 58.9 Å². The molecular formula is C26H38N2O6. The third kappa shape index (κ3) is 6.51. The largest absolute Gasteiger partial charge is 0.496 e. The van der Waals surface area contributed by atoms with Crippen LogP contribution in [0.15, 0.2) is 11.6 Å². The van der Waals surface area contributed by atoms with Crippen LogP contribution in [0.4, 0.5) is 5.69 Å². The molecule has 0 bridgehead atoms. The molecule has 0 aromatic heterocycles. The number of fused-ring (bicyclic) bond motifs is 1. The fourth-order valence-electron chi connectivity index (χ4n) is 4.53. The number of methoxy groups -OCH3 is 1. The molecule has 2 aliphatic heterocycles. The summed E-state index contributed by atoms with van der Waals surface area (Å²) in [6, 6.07) is 0. The summed E-state index contributed by atoms with van der Waals surface area (Å²) < 4.78 is 21.7. The Bertz CT molecular complexity index is 905. The zero-order valence-corrected chi connectivity index (χ0v) is 21.0. The van der Waals surface area contributed by atoms with Crippen LogP contribution in [0.5, 0.6) is 5.75 Å². The van der Waals surface area contributed by atoms with E-state index in [-0.39, 0.29) is 18.5 Å². The van der Waals surface area contributed by atoms with E-state index >= 15 is 0 Å². The summed E-state index contributed by atoms with van der Waals surface area (Å²) in [5, 5.41) is 3.16. The SMILES string of the molecule is CNc1c(C/C=C(\C)CCC(=O)OCCCCN2CCOCC2)c(OC)c(C)c2c1C(=O)OC2. The number of allylic oxidation sites excluding steroid dienone is 2. The number of benzene rings is 1. The summed E-state index contributed by atoms with van der Waals surface area (Å²) in [5.41, 5.74) is 5.17. The van der Waals surface area contributed by atoms with Gasteiger partial charge in [-0.15, -0.1) is 0 Å². The van der Waals surface area contributed by atoms with Gasteiger partial charge in [-0.05, 0) is 51.6 Å². The number of hydrogen-bond donors (Lipinski definition) is 1. The maximum Gasteiger partial charge on any atom is 0.341 e. The first-order valence-corrected chi connectivity index (χ1v) is 12.1. The molecule has 0 unspecified atom stereocenters. The molecule has 8 nitrogen and oxygen atoms in total. The second kappa shape index (κ2) is 12.8. The van der Waals surface area contributed by atoms with Crippen molar-refractivity contribution in [1.82, 2.24) is 4.90 Å². The van der Waals surface area contributed by atoms with Crippen molar-refractivity contribution < 1.29 is 28.5 Å². The molecule has 8 heteroatoms. The molecule has 34 heavy (non-hydrogen) atoms. The zero-order chi connectivity index (χ0) is 24.5. The smallest absolute Gasteiger partial charge is 0.341 e. The van der Waals surface area contributed by atoms with Gasteiger partial charge in [0.15, 0.2) is 0 Å². The number of carbonyl (C=O) groups excluding carboxylic acids is 2. The highest BCUT2D eigenvalue weighted by Crippen LogP contribution is 2.41. The van der Waals surface area contributed by atoms with Crippen LogP contribution in [0.1, 0.15) is 59.7 Å². The van der Waals surface area contributed by atoms with Gasteiger partial charge in [0.05, 0.1) is 38.2 Å². The molecule has 2 heterocycles. The molecule has 0 amide bonds. The first kappa shape index (κ1) is 26.0. The van der Waals surface area contributed by atoms with Gasteiger partial charge in [-0.1, -0.05) is 11.6 Å². The van der Waals surface area contributed by atoms with Gasteiger partial charge in [0.25, 0.3) is 0 Å². The lowest BCUT2D eigenvalue weighted by Gasteiger charge is -2.26. The first-order chi connectivity index (χ1) is 16.5. The molecule has 1 aromatic carbocycles. The minimum absolute atomic E-state index is 0.163. The molecule has 1 aromatic rings. The molecule has 3 rings (SSSR count). The first-order valence-electron chi connectivity index (χ1n) is 12.1. The highest BCUT2D eigenvalue weighted by atomic mass is 16.5. The monoisotopic (exact) mass is 474 g/mol. The van der Waals surface area contributed by atoms with E-state index < -0.39 is 0 Å². The summed E-state index contributed by atoms with van der Waals surface area (Å²) in [4.78, 5) is 26.8. The van der Waals surface area contributed by atoms with Gasteiger partial charge in [-0.25, -0.2) is 4.79 Å². The Morgan fingerprint density at radius 2 is 1.97 bits per heavy atom. The van der Waals surface area contributed by atoms with Crippen LogP contribution in [-0.4, -0.2) is 70.5 Å². The number of rotatable bonds is 12. The molecule has 1 N–H and O–H groups in total. The molecule has 0 spiro atoms. The fourth-order valence-corrected chi connectivity index (χ4v) is 4.53. The minimum Gasteiger partial charge on any atom is -0.496 e. The van der Waals surface area contributed by atoms with Crippen molar-refractivity contribution in [2.45, 2.75) is 52.6 Å². The van der Waals surface area contributed by atoms with Crippen LogP contribution in [0.25, 0.3) is 0 Å². The second-order valence-electron chi connectivity index (χ2n) is 8.83. The summed E-state index contributed by atoms with van der Waals surface area (Å²) in [6.07, 6.45) is 5.57. The Labute approximate surface area is 202 Å². The van der Waals surface area contributed by atoms with Crippen molar-refractivity contribution in [3.8, 4) is 5.75 Å². The molecule has 188 valence electrons. The van der Waals surface area contributed by atoms with E-state index in [4.69, 9.17) is 18.9 Å². The van der Waals surface area contributed by atoms with E-state index in [9.17, 15) is 9.59 Å². The molecule has 0 saturated carbocycles. The van der Waals surface area contributed by atoms with Crippen LogP contribution in [-0.2, 0) is 32.0 Å². The van der Waals surface area contributed by atoms with E-state index in [1.165, 1.54) is 0 Å². The van der Waals surface area contributed by atoms with Crippen LogP contribution in [0.3, 0.4) is 0 Å². The summed E-state index contributed by atoms with van der Waals surface area (Å²) in [5.74, 6) is 0.297. The number of ether oxygens (including phenoxy) is 4. The molecule has 1 saturated heterocycles. The number of carbonyl (C=O) groups is 2. The van der Waals surface area contributed by atoms with E-state index in [2.05, 4.69) is 16.3 Å². The average molecular weight is 475 g/mol.